The average molecular weight is 596 g/mol. The molecule has 14 heteroatoms. The van der Waals surface area contributed by atoms with Crippen molar-refractivity contribution in [3.05, 3.63) is 65.7 Å². The normalized spacial score (nSPS) is 19.6. The van der Waals surface area contributed by atoms with Crippen molar-refractivity contribution in [2.75, 3.05) is 30.3 Å². The van der Waals surface area contributed by atoms with Crippen LogP contribution in [0.4, 0.5) is 38.1 Å². The van der Waals surface area contributed by atoms with E-state index in [1.54, 1.807) is 0 Å². The smallest absolute Gasteiger partial charge is 0.429 e. The van der Waals surface area contributed by atoms with E-state index < -0.39 is 41.9 Å². The summed E-state index contributed by atoms with van der Waals surface area (Å²) < 4.78 is 88.1. The Morgan fingerprint density at radius 2 is 1.71 bits per heavy atom. The molecule has 2 aliphatic rings. The van der Waals surface area contributed by atoms with Crippen molar-refractivity contribution >= 4 is 17.7 Å². The van der Waals surface area contributed by atoms with Crippen molar-refractivity contribution in [3.63, 3.8) is 0 Å². The second kappa shape index (κ2) is 11.0. The molecule has 2 aromatic carbocycles. The molecule has 1 spiro atoms. The van der Waals surface area contributed by atoms with E-state index in [2.05, 4.69) is 15.3 Å². The largest absolute Gasteiger partial charge is 0.480 e. The van der Waals surface area contributed by atoms with Gasteiger partial charge in [0.1, 0.15) is 11.9 Å². The lowest BCUT2D eigenvalue weighted by molar-refractivity contribution is -0.198. The van der Waals surface area contributed by atoms with Crippen molar-refractivity contribution in [1.82, 2.24) is 15.3 Å². The first-order chi connectivity index (χ1) is 19.7. The third-order valence-corrected chi connectivity index (χ3v) is 7.81. The Morgan fingerprint density at radius 3 is 2.31 bits per heavy atom. The molecular weight excluding hydrogens is 568 g/mol. The number of benzene rings is 2. The van der Waals surface area contributed by atoms with Gasteiger partial charge in [0.25, 0.3) is 0 Å². The molecular formula is C28H27F6N5O3. The number of carbonyl (C=O) groups is 1. The monoisotopic (exact) mass is 595 g/mol. The average Bonchev–Trinajstić information content (AvgIpc) is 3.35. The van der Waals surface area contributed by atoms with Gasteiger partial charge in [0, 0.05) is 31.3 Å². The number of aliphatic carboxylic acids is 1. The maximum absolute atomic E-state index is 14.1. The molecule has 2 saturated heterocycles. The number of nitrogen functional groups attached to an aromatic ring is 1. The van der Waals surface area contributed by atoms with Crippen LogP contribution in [0.5, 0.6) is 5.88 Å². The number of piperidine rings is 1. The molecule has 0 bridgehead atoms. The van der Waals surface area contributed by atoms with E-state index in [-0.39, 0.29) is 33.9 Å². The second-order valence-electron chi connectivity index (χ2n) is 10.6. The first-order valence-corrected chi connectivity index (χ1v) is 13.1. The molecule has 2 fully saturated rings. The van der Waals surface area contributed by atoms with E-state index >= 15 is 0 Å². The number of hydrogen-bond acceptors (Lipinski definition) is 7. The predicted octanol–water partition coefficient (Wildman–Crippen LogP) is 5.46. The summed E-state index contributed by atoms with van der Waals surface area (Å²) in [5.41, 5.74) is 4.32. The minimum Gasteiger partial charge on any atom is -0.480 e. The lowest BCUT2D eigenvalue weighted by atomic mass is 9.76. The molecule has 2 aliphatic heterocycles. The topological polar surface area (TPSA) is 114 Å². The van der Waals surface area contributed by atoms with Crippen LogP contribution in [0.1, 0.15) is 36.5 Å². The zero-order valence-corrected chi connectivity index (χ0v) is 22.0. The Balaban J connectivity index is 1.34. The number of nitrogens with two attached hydrogens (primary N) is 1. The number of anilines is 2. The fourth-order valence-corrected chi connectivity index (χ4v) is 5.60. The Hall–Kier alpha value is -4.07. The van der Waals surface area contributed by atoms with E-state index in [9.17, 15) is 36.2 Å². The van der Waals surface area contributed by atoms with Crippen LogP contribution in [0.3, 0.4) is 0 Å². The van der Waals surface area contributed by atoms with Crippen molar-refractivity contribution in [1.29, 1.82) is 0 Å². The van der Waals surface area contributed by atoms with Gasteiger partial charge < -0.3 is 25.8 Å². The number of halogens is 6. The van der Waals surface area contributed by atoms with Crippen LogP contribution in [-0.2, 0) is 11.0 Å². The maximum atomic E-state index is 14.1. The standard InChI is InChI=1S/C28H27F6N5O3/c29-27(30,31)19-4-2-1-3-18(19)16-5-7-17(8-6-16)23(28(32,33)34)42-22-13-21(37-25(35)38-22)39-11-9-26(10-12-39)14-20(24(40)41)36-15-26/h1-8,13,20,23,36H,9-12,14-15H2,(H,40,41)(H2,35,37,38)/t20?,23-/m1/s1. The lowest BCUT2D eigenvalue weighted by Crippen LogP contribution is -2.41. The highest BCUT2D eigenvalue weighted by atomic mass is 19.4. The van der Waals surface area contributed by atoms with E-state index in [1.807, 2.05) is 4.90 Å². The Kier molecular flexibility index (Phi) is 7.68. The number of carboxylic acid groups (broad SMARTS) is 1. The van der Waals surface area contributed by atoms with E-state index in [1.165, 1.54) is 36.4 Å². The molecule has 3 heterocycles. The van der Waals surface area contributed by atoms with Crippen LogP contribution in [0.2, 0.25) is 0 Å². The van der Waals surface area contributed by atoms with Crippen LogP contribution in [-0.4, -0.2) is 52.9 Å². The highest BCUT2D eigenvalue weighted by molar-refractivity contribution is 5.74. The van der Waals surface area contributed by atoms with Gasteiger partial charge >= 0.3 is 18.3 Å². The summed E-state index contributed by atoms with van der Waals surface area (Å²) in [5.74, 6) is -1.34. The number of ether oxygens (including phenoxy) is 1. The zero-order chi connectivity index (χ0) is 30.3. The first kappa shape index (κ1) is 29.4. The van der Waals surface area contributed by atoms with Gasteiger partial charge in [-0.05, 0) is 41.9 Å². The number of aromatic nitrogens is 2. The summed E-state index contributed by atoms with van der Waals surface area (Å²) in [5, 5.41) is 12.3. The molecule has 0 aliphatic carbocycles. The van der Waals surface area contributed by atoms with Crippen LogP contribution < -0.4 is 20.7 Å². The quantitative estimate of drug-likeness (QED) is 0.322. The molecule has 8 nitrogen and oxygen atoms in total. The van der Waals surface area contributed by atoms with Gasteiger partial charge in [-0.25, -0.2) is 0 Å². The SMILES string of the molecule is Nc1nc(O[C@H](c2ccc(-c3ccccc3C(F)(F)F)cc2)C(F)(F)F)cc(N2CCC3(CC2)CNC(C(=O)O)C3)n1. The zero-order valence-electron chi connectivity index (χ0n) is 22.0. The van der Waals surface area contributed by atoms with Crippen molar-refractivity contribution in [2.24, 2.45) is 5.41 Å². The number of alkyl halides is 6. The van der Waals surface area contributed by atoms with Crippen LogP contribution >= 0.6 is 0 Å². The molecule has 1 unspecified atom stereocenters. The van der Waals surface area contributed by atoms with Gasteiger partial charge in [-0.2, -0.15) is 36.3 Å². The number of nitrogens with one attached hydrogen (secondary N) is 1. The van der Waals surface area contributed by atoms with Crippen LogP contribution in [0.15, 0.2) is 54.6 Å². The minimum atomic E-state index is -4.89. The third kappa shape index (κ3) is 6.22. The number of rotatable bonds is 6. The number of nitrogens with zero attached hydrogens (tertiary/aromatic N) is 3. The summed E-state index contributed by atoms with van der Waals surface area (Å²) >= 11 is 0. The number of carboxylic acids is 1. The fraction of sp³-hybridized carbons (Fsp3) is 0.393. The molecule has 2 atom stereocenters. The summed E-state index contributed by atoms with van der Waals surface area (Å²) in [7, 11) is 0. The number of hydrogen-bond donors (Lipinski definition) is 3. The molecule has 1 aromatic heterocycles. The molecule has 4 N–H and O–H groups in total. The Labute approximate surface area is 236 Å². The molecule has 3 aromatic rings. The maximum Gasteiger partial charge on any atom is 0.429 e. The molecule has 42 heavy (non-hydrogen) atoms. The van der Waals surface area contributed by atoms with Crippen LogP contribution in [0, 0.1) is 5.41 Å². The summed E-state index contributed by atoms with van der Waals surface area (Å²) in [4.78, 5) is 21.2. The van der Waals surface area contributed by atoms with Gasteiger partial charge in [-0.15, -0.1) is 0 Å². The summed E-state index contributed by atoms with van der Waals surface area (Å²) in [6.07, 6.45) is -10.2. The van der Waals surface area contributed by atoms with E-state index in [4.69, 9.17) is 10.5 Å². The van der Waals surface area contributed by atoms with Gasteiger partial charge in [0.2, 0.25) is 17.9 Å². The highest BCUT2D eigenvalue weighted by Crippen LogP contribution is 2.42. The minimum absolute atomic E-state index is 0.0937. The van der Waals surface area contributed by atoms with Gasteiger partial charge in [-0.1, -0.05) is 42.5 Å². The van der Waals surface area contributed by atoms with Crippen molar-refractivity contribution in [2.45, 2.75) is 43.8 Å². The predicted molar refractivity (Wildman–Crippen MR) is 141 cm³/mol. The Morgan fingerprint density at radius 1 is 1.05 bits per heavy atom. The highest BCUT2D eigenvalue weighted by Gasteiger charge is 2.45. The Bertz CT molecular complexity index is 1440. The van der Waals surface area contributed by atoms with E-state index in [0.29, 0.717) is 38.9 Å². The van der Waals surface area contributed by atoms with Gasteiger partial charge in [0.05, 0.1) is 5.56 Å². The molecule has 0 amide bonds. The van der Waals surface area contributed by atoms with Crippen LogP contribution in [0.25, 0.3) is 11.1 Å². The fourth-order valence-electron chi connectivity index (χ4n) is 5.60. The van der Waals surface area contributed by atoms with Gasteiger partial charge in [-0.3, -0.25) is 4.79 Å². The molecule has 5 rings (SSSR count). The van der Waals surface area contributed by atoms with Gasteiger partial charge in [0.15, 0.2) is 0 Å². The summed E-state index contributed by atoms with van der Waals surface area (Å²) in [6, 6.07) is 9.93. The summed E-state index contributed by atoms with van der Waals surface area (Å²) in [6.45, 7) is 1.52. The van der Waals surface area contributed by atoms with Crippen molar-refractivity contribution < 1.29 is 41.0 Å². The molecule has 224 valence electrons. The van der Waals surface area contributed by atoms with E-state index in [0.717, 1.165) is 18.2 Å². The van der Waals surface area contributed by atoms with Crippen molar-refractivity contribution in [3.8, 4) is 17.0 Å². The third-order valence-electron chi connectivity index (χ3n) is 7.81. The lowest BCUT2D eigenvalue weighted by Gasteiger charge is -2.39. The molecule has 0 radical (unpaired) electrons. The molecule has 0 saturated carbocycles. The second-order valence-corrected chi connectivity index (χ2v) is 10.6. The first-order valence-electron chi connectivity index (χ1n) is 13.1.